The third-order valence-electron chi connectivity index (χ3n) is 6.30. The maximum Gasteiger partial charge on any atom is 0.223 e. The first-order valence-electron chi connectivity index (χ1n) is 10.4. The van der Waals surface area contributed by atoms with Gasteiger partial charge < -0.3 is 14.8 Å². The highest BCUT2D eigenvalue weighted by Gasteiger charge is 2.35. The van der Waals surface area contributed by atoms with E-state index in [1.807, 2.05) is 12.4 Å². The topological polar surface area (TPSA) is 68.0 Å². The van der Waals surface area contributed by atoms with Crippen molar-refractivity contribution in [2.75, 3.05) is 13.1 Å². The van der Waals surface area contributed by atoms with Gasteiger partial charge in [-0.05, 0) is 31.9 Å². The average molecular weight is 368 g/mol. The molecule has 0 spiro atoms. The van der Waals surface area contributed by atoms with Gasteiger partial charge in [-0.3, -0.25) is 9.48 Å². The number of nitrogens with one attached hydrogen (secondary N) is 1. The van der Waals surface area contributed by atoms with E-state index in [0.717, 1.165) is 50.7 Å². The van der Waals surface area contributed by atoms with Crippen LogP contribution in [0.3, 0.4) is 0 Å². The smallest absolute Gasteiger partial charge is 0.223 e. The van der Waals surface area contributed by atoms with Crippen LogP contribution in [0.15, 0.2) is 18.5 Å². The van der Waals surface area contributed by atoms with E-state index in [1.54, 1.807) is 0 Å². The Hall–Kier alpha value is -2.15. The van der Waals surface area contributed by atoms with Crippen LogP contribution in [0.2, 0.25) is 0 Å². The Bertz CT molecular complexity index is 795. The predicted molar refractivity (Wildman–Crippen MR) is 102 cm³/mol. The summed E-state index contributed by atoms with van der Waals surface area (Å²) in [5.74, 6) is 1.63. The number of aryl methyl sites for hydroxylation is 1. The van der Waals surface area contributed by atoms with E-state index in [1.165, 1.54) is 31.4 Å². The van der Waals surface area contributed by atoms with Crippen LogP contribution >= 0.6 is 0 Å². The van der Waals surface area contributed by atoms with Crippen molar-refractivity contribution in [2.45, 2.75) is 64.2 Å². The second kappa shape index (κ2) is 7.11. The minimum atomic E-state index is 0.341. The molecule has 2 fully saturated rings. The summed E-state index contributed by atoms with van der Waals surface area (Å²) < 4.78 is 4.29. The van der Waals surface area contributed by atoms with Crippen molar-refractivity contribution in [3.63, 3.8) is 0 Å². The third kappa shape index (κ3) is 3.29. The molecule has 1 saturated heterocycles. The fraction of sp³-hybridized carbons (Fsp3) is 0.650. The van der Waals surface area contributed by atoms with Crippen molar-refractivity contribution in [1.29, 1.82) is 0 Å². The summed E-state index contributed by atoms with van der Waals surface area (Å²) in [4.78, 5) is 19.2. The van der Waals surface area contributed by atoms with E-state index in [2.05, 4.69) is 30.5 Å². The van der Waals surface area contributed by atoms with Gasteiger partial charge in [-0.25, -0.2) is 4.98 Å². The van der Waals surface area contributed by atoms with Crippen molar-refractivity contribution in [1.82, 2.24) is 29.5 Å². The van der Waals surface area contributed by atoms with Crippen molar-refractivity contribution in [2.24, 2.45) is 5.92 Å². The van der Waals surface area contributed by atoms with Crippen LogP contribution in [0.1, 0.15) is 44.2 Å². The van der Waals surface area contributed by atoms with Crippen LogP contribution in [-0.2, 0) is 24.4 Å². The summed E-state index contributed by atoms with van der Waals surface area (Å²) in [7, 11) is 0. The normalized spacial score (nSPS) is 23.8. The number of hydrogen-bond donors (Lipinski definition) is 1. The first-order valence-corrected chi connectivity index (χ1v) is 10.4. The number of amides is 1. The number of rotatable bonds is 4. The molecule has 3 aliphatic rings. The minimum absolute atomic E-state index is 0.341. The molecule has 0 aromatic carbocycles. The van der Waals surface area contributed by atoms with Crippen LogP contribution < -0.4 is 5.32 Å². The lowest BCUT2D eigenvalue weighted by molar-refractivity contribution is -0.129. The number of fused-ring (bicyclic) bond motifs is 1. The molecule has 2 aliphatic heterocycles. The van der Waals surface area contributed by atoms with Crippen molar-refractivity contribution in [3.8, 4) is 11.5 Å². The van der Waals surface area contributed by atoms with Gasteiger partial charge in [0.1, 0.15) is 5.69 Å². The lowest BCUT2D eigenvalue weighted by Gasteiger charge is -2.24. The second-order valence-electron chi connectivity index (χ2n) is 8.23. The highest BCUT2D eigenvalue weighted by atomic mass is 16.2. The molecule has 2 aromatic heterocycles. The Balaban J connectivity index is 1.32. The lowest BCUT2D eigenvalue weighted by Crippen LogP contribution is -2.34. The molecule has 1 amide bonds. The molecule has 1 saturated carbocycles. The second-order valence-corrected chi connectivity index (χ2v) is 8.23. The molecule has 2 aromatic rings. The highest BCUT2D eigenvalue weighted by molar-refractivity contribution is 5.79. The van der Waals surface area contributed by atoms with Gasteiger partial charge in [0.05, 0.1) is 5.69 Å². The van der Waals surface area contributed by atoms with Crippen LogP contribution in [0.4, 0.5) is 0 Å². The molecule has 0 bridgehead atoms. The Morgan fingerprint density at radius 1 is 1.22 bits per heavy atom. The number of likely N-dealkylation sites (tertiary alicyclic amines) is 1. The van der Waals surface area contributed by atoms with Crippen LogP contribution in [-0.4, -0.2) is 49.3 Å². The van der Waals surface area contributed by atoms with E-state index in [4.69, 9.17) is 5.10 Å². The van der Waals surface area contributed by atoms with Gasteiger partial charge in [0.25, 0.3) is 0 Å². The van der Waals surface area contributed by atoms with Crippen molar-refractivity contribution < 1.29 is 4.79 Å². The molecule has 4 heterocycles. The van der Waals surface area contributed by atoms with Crippen LogP contribution in [0.25, 0.3) is 11.5 Å². The predicted octanol–water partition coefficient (Wildman–Crippen LogP) is 2.03. The van der Waals surface area contributed by atoms with Crippen LogP contribution in [0, 0.1) is 5.92 Å². The largest absolute Gasteiger partial charge is 0.339 e. The molecule has 1 atom stereocenters. The average Bonchev–Trinajstić information content (AvgIpc) is 3.42. The first kappa shape index (κ1) is 17.0. The Kier molecular flexibility index (Phi) is 4.47. The molecule has 5 rings (SSSR count). The van der Waals surface area contributed by atoms with E-state index >= 15 is 0 Å². The molecule has 0 radical (unpaired) electrons. The molecule has 144 valence electrons. The summed E-state index contributed by atoms with van der Waals surface area (Å²) >= 11 is 0. The van der Waals surface area contributed by atoms with Gasteiger partial charge in [-0.15, -0.1) is 0 Å². The molecule has 1 N–H and O–H groups in total. The fourth-order valence-electron chi connectivity index (χ4n) is 4.94. The fourth-order valence-corrected chi connectivity index (χ4v) is 4.94. The summed E-state index contributed by atoms with van der Waals surface area (Å²) in [6.45, 7) is 4.59. The van der Waals surface area contributed by atoms with Gasteiger partial charge in [0.2, 0.25) is 5.91 Å². The zero-order valence-electron chi connectivity index (χ0n) is 15.8. The Labute approximate surface area is 159 Å². The Morgan fingerprint density at radius 2 is 2.11 bits per heavy atom. The summed E-state index contributed by atoms with van der Waals surface area (Å²) in [6, 6.07) is 2.64. The quantitative estimate of drug-likeness (QED) is 0.897. The molecular formula is C20H28N6O. The molecular weight excluding hydrogens is 340 g/mol. The van der Waals surface area contributed by atoms with E-state index < -0.39 is 0 Å². The van der Waals surface area contributed by atoms with Crippen LogP contribution in [0.5, 0.6) is 0 Å². The van der Waals surface area contributed by atoms with Crippen molar-refractivity contribution >= 4 is 5.91 Å². The number of imidazole rings is 1. The maximum atomic E-state index is 12.5. The Morgan fingerprint density at radius 3 is 3.00 bits per heavy atom. The van der Waals surface area contributed by atoms with Gasteiger partial charge >= 0.3 is 0 Å². The molecule has 27 heavy (non-hydrogen) atoms. The summed E-state index contributed by atoms with van der Waals surface area (Å²) in [5.41, 5.74) is 2.16. The number of hydrogen-bond acceptors (Lipinski definition) is 4. The van der Waals surface area contributed by atoms with E-state index in [-0.39, 0.29) is 0 Å². The summed E-state index contributed by atoms with van der Waals surface area (Å²) in [6.07, 6.45) is 10.5. The van der Waals surface area contributed by atoms with Gasteiger partial charge in [0, 0.05) is 57.0 Å². The van der Waals surface area contributed by atoms with Gasteiger partial charge in [0.15, 0.2) is 5.82 Å². The van der Waals surface area contributed by atoms with Gasteiger partial charge in [-0.2, -0.15) is 5.10 Å². The van der Waals surface area contributed by atoms with E-state index in [9.17, 15) is 4.79 Å². The first-order chi connectivity index (χ1) is 13.3. The lowest BCUT2D eigenvalue weighted by atomic mass is 10.1. The summed E-state index contributed by atoms with van der Waals surface area (Å²) in [5, 5.41) is 8.24. The molecule has 0 unspecified atom stereocenters. The van der Waals surface area contributed by atoms with E-state index in [0.29, 0.717) is 24.3 Å². The zero-order valence-corrected chi connectivity index (χ0v) is 15.8. The molecule has 1 aliphatic carbocycles. The number of carbonyl (C=O) groups is 1. The minimum Gasteiger partial charge on any atom is -0.339 e. The number of carbonyl (C=O) groups excluding carboxylic acids is 1. The van der Waals surface area contributed by atoms with Gasteiger partial charge in [-0.1, -0.05) is 12.8 Å². The number of aromatic nitrogens is 4. The molecule has 7 nitrogen and oxygen atoms in total. The highest BCUT2D eigenvalue weighted by Crippen LogP contribution is 2.30. The maximum absolute atomic E-state index is 12.5. The third-order valence-corrected chi connectivity index (χ3v) is 6.30. The molecule has 7 heteroatoms. The van der Waals surface area contributed by atoms with Crippen molar-refractivity contribution in [3.05, 3.63) is 24.2 Å². The SMILES string of the molecule is O=C1C[C@H](Cn2ccnc2-c2cc3n(n2)CCCNC3)CN1C1CCCC1. The zero-order chi connectivity index (χ0) is 18.2. The standard InChI is InChI=1S/C20H28N6O/c27-19-10-15(14-25(19)16-4-1-2-5-16)13-24-9-7-22-20(24)18-11-17-12-21-6-3-8-26(17)23-18/h7,9,11,15-16,21H,1-6,8,10,12-14H2/t15-/m1/s1. The number of nitrogens with zero attached hydrogens (tertiary/aromatic N) is 5. The monoisotopic (exact) mass is 368 g/mol.